The number of benzene rings is 1. The maximum atomic E-state index is 5.81. The van der Waals surface area contributed by atoms with Crippen LogP contribution in [-0.4, -0.2) is 4.98 Å². The third kappa shape index (κ3) is 3.46. The minimum absolute atomic E-state index is 0.438. The van der Waals surface area contributed by atoms with Crippen LogP contribution in [-0.2, 0) is 13.0 Å². The zero-order valence-corrected chi connectivity index (χ0v) is 10.4. The summed E-state index contributed by atoms with van der Waals surface area (Å²) in [7, 11) is 0. The van der Waals surface area contributed by atoms with E-state index in [0.29, 0.717) is 11.8 Å². The van der Waals surface area contributed by atoms with Crippen LogP contribution in [0, 0.1) is 0 Å². The highest BCUT2D eigenvalue weighted by Crippen LogP contribution is 2.15. The fourth-order valence-electron chi connectivity index (χ4n) is 1.54. The highest BCUT2D eigenvalue weighted by Gasteiger charge is 1.99. The Balaban J connectivity index is 2.02. The van der Waals surface area contributed by atoms with Gasteiger partial charge in [0.15, 0.2) is 0 Å². The van der Waals surface area contributed by atoms with Crippen LogP contribution in [0.15, 0.2) is 42.5 Å². The predicted molar refractivity (Wildman–Crippen MR) is 69.4 cm³/mol. The van der Waals surface area contributed by atoms with E-state index in [1.807, 2.05) is 30.3 Å². The van der Waals surface area contributed by atoms with Gasteiger partial charge in [0, 0.05) is 0 Å². The van der Waals surface area contributed by atoms with Crippen LogP contribution in [0.4, 0.5) is 0 Å². The van der Waals surface area contributed by atoms with Crippen molar-refractivity contribution < 1.29 is 4.74 Å². The summed E-state index contributed by atoms with van der Waals surface area (Å²) in [6.07, 6.45) is 1.01. The molecule has 0 atom stereocenters. The van der Waals surface area contributed by atoms with Crippen molar-refractivity contribution in [2.24, 2.45) is 0 Å². The van der Waals surface area contributed by atoms with Crippen molar-refractivity contribution in [1.29, 1.82) is 0 Å². The summed E-state index contributed by atoms with van der Waals surface area (Å²) < 4.78 is 5.67. The summed E-state index contributed by atoms with van der Waals surface area (Å²) in [5.74, 6) is 0.867. The first-order valence-corrected chi connectivity index (χ1v) is 5.99. The molecule has 0 saturated carbocycles. The first kappa shape index (κ1) is 11.9. The Bertz CT molecular complexity index is 499. The molecule has 0 fully saturated rings. The number of aromatic nitrogens is 1. The van der Waals surface area contributed by atoms with Gasteiger partial charge in [-0.3, -0.25) is 0 Å². The lowest BCUT2D eigenvalue weighted by atomic mass is 10.2. The summed E-state index contributed by atoms with van der Waals surface area (Å²) >= 11 is 5.81. The fraction of sp³-hybridized carbons (Fsp3) is 0.214. The summed E-state index contributed by atoms with van der Waals surface area (Å²) in [5, 5.41) is 0.494. The van der Waals surface area contributed by atoms with Crippen LogP contribution in [0.2, 0.25) is 5.15 Å². The molecule has 0 bridgehead atoms. The molecule has 0 amide bonds. The van der Waals surface area contributed by atoms with E-state index in [-0.39, 0.29) is 0 Å². The van der Waals surface area contributed by atoms with Gasteiger partial charge in [0.1, 0.15) is 17.5 Å². The number of aryl methyl sites for hydroxylation is 1. The predicted octanol–water partition coefficient (Wildman–Crippen LogP) is 3.88. The van der Waals surface area contributed by atoms with E-state index in [9.17, 15) is 0 Å². The van der Waals surface area contributed by atoms with Crippen LogP contribution in [0.1, 0.15) is 18.2 Å². The van der Waals surface area contributed by atoms with Crippen molar-refractivity contribution in [2.75, 3.05) is 0 Å². The Labute approximate surface area is 106 Å². The van der Waals surface area contributed by atoms with E-state index < -0.39 is 0 Å². The zero-order chi connectivity index (χ0) is 12.1. The normalized spacial score (nSPS) is 10.2. The topological polar surface area (TPSA) is 22.1 Å². The maximum Gasteiger partial charge on any atom is 0.130 e. The van der Waals surface area contributed by atoms with Crippen molar-refractivity contribution in [1.82, 2.24) is 4.98 Å². The molecule has 0 N–H and O–H groups in total. The van der Waals surface area contributed by atoms with Crippen molar-refractivity contribution in [2.45, 2.75) is 20.0 Å². The number of ether oxygens (including phenoxy) is 1. The number of hydrogen-bond donors (Lipinski definition) is 0. The van der Waals surface area contributed by atoms with Gasteiger partial charge in [0.25, 0.3) is 0 Å². The van der Waals surface area contributed by atoms with Crippen LogP contribution in [0.3, 0.4) is 0 Å². The first-order chi connectivity index (χ1) is 8.28. The number of nitrogens with zero attached hydrogens (tertiary/aromatic N) is 1. The van der Waals surface area contributed by atoms with E-state index in [2.05, 4.69) is 18.0 Å². The monoisotopic (exact) mass is 247 g/mol. The smallest absolute Gasteiger partial charge is 0.130 e. The van der Waals surface area contributed by atoms with E-state index in [4.69, 9.17) is 16.3 Å². The Kier molecular flexibility index (Phi) is 3.99. The van der Waals surface area contributed by atoms with Gasteiger partial charge in [-0.2, -0.15) is 0 Å². The Hall–Kier alpha value is -1.54. The molecule has 1 heterocycles. The van der Waals surface area contributed by atoms with Crippen LogP contribution < -0.4 is 4.74 Å². The number of halogens is 1. The fourth-order valence-corrected chi connectivity index (χ4v) is 1.72. The maximum absolute atomic E-state index is 5.81. The average Bonchev–Trinajstić information content (AvgIpc) is 2.37. The summed E-state index contributed by atoms with van der Waals surface area (Å²) in [6.45, 7) is 2.56. The zero-order valence-electron chi connectivity index (χ0n) is 9.69. The molecule has 0 radical (unpaired) electrons. The van der Waals surface area contributed by atoms with Gasteiger partial charge in [0.05, 0.1) is 5.69 Å². The Morgan fingerprint density at radius 3 is 2.76 bits per heavy atom. The van der Waals surface area contributed by atoms with Crippen molar-refractivity contribution in [3.63, 3.8) is 0 Å². The third-order valence-corrected chi connectivity index (χ3v) is 2.68. The van der Waals surface area contributed by atoms with Crippen molar-refractivity contribution in [3.8, 4) is 5.75 Å². The van der Waals surface area contributed by atoms with E-state index >= 15 is 0 Å². The van der Waals surface area contributed by atoms with E-state index in [1.54, 1.807) is 6.07 Å². The molecule has 2 nitrogen and oxygen atoms in total. The molecule has 1 aromatic heterocycles. The molecule has 1 aromatic carbocycles. The number of pyridine rings is 1. The standard InChI is InChI=1S/C14H14ClNO/c1-2-11-5-3-7-13(9-11)17-10-12-6-4-8-14(15)16-12/h3-9H,2,10H2,1H3. The number of rotatable bonds is 4. The number of hydrogen-bond acceptors (Lipinski definition) is 2. The van der Waals surface area contributed by atoms with Gasteiger partial charge in [-0.25, -0.2) is 4.98 Å². The molecule has 0 aliphatic heterocycles. The molecule has 3 heteroatoms. The summed E-state index contributed by atoms with van der Waals surface area (Å²) in [5.41, 5.74) is 2.10. The van der Waals surface area contributed by atoms with Crippen LogP contribution in [0.5, 0.6) is 5.75 Å². The summed E-state index contributed by atoms with van der Waals surface area (Å²) in [6, 6.07) is 13.6. The highest BCUT2D eigenvalue weighted by molar-refractivity contribution is 6.29. The molecule has 0 aliphatic rings. The molecular weight excluding hydrogens is 234 g/mol. The van der Waals surface area contributed by atoms with Gasteiger partial charge in [-0.15, -0.1) is 0 Å². The highest BCUT2D eigenvalue weighted by atomic mass is 35.5. The summed E-state index contributed by atoms with van der Waals surface area (Å²) in [4.78, 5) is 4.17. The Morgan fingerprint density at radius 2 is 2.00 bits per heavy atom. The SMILES string of the molecule is CCc1cccc(OCc2cccc(Cl)n2)c1. The van der Waals surface area contributed by atoms with Crippen LogP contribution in [0.25, 0.3) is 0 Å². The molecule has 88 valence electrons. The Morgan fingerprint density at radius 1 is 1.18 bits per heavy atom. The van der Waals surface area contributed by atoms with E-state index in [0.717, 1.165) is 17.9 Å². The van der Waals surface area contributed by atoms with E-state index in [1.165, 1.54) is 5.56 Å². The minimum Gasteiger partial charge on any atom is -0.487 e. The van der Waals surface area contributed by atoms with Gasteiger partial charge in [-0.05, 0) is 36.2 Å². The minimum atomic E-state index is 0.438. The van der Waals surface area contributed by atoms with Gasteiger partial charge in [-0.1, -0.05) is 36.7 Å². The second-order valence-electron chi connectivity index (χ2n) is 3.74. The first-order valence-electron chi connectivity index (χ1n) is 5.61. The molecule has 0 aliphatic carbocycles. The molecule has 17 heavy (non-hydrogen) atoms. The van der Waals surface area contributed by atoms with Gasteiger partial charge < -0.3 is 4.74 Å². The molecule has 0 saturated heterocycles. The molecular formula is C14H14ClNO. The average molecular weight is 248 g/mol. The molecule has 0 spiro atoms. The lowest BCUT2D eigenvalue weighted by Gasteiger charge is -2.07. The van der Waals surface area contributed by atoms with Crippen molar-refractivity contribution in [3.05, 3.63) is 58.9 Å². The van der Waals surface area contributed by atoms with Gasteiger partial charge >= 0.3 is 0 Å². The van der Waals surface area contributed by atoms with Crippen LogP contribution >= 0.6 is 11.6 Å². The van der Waals surface area contributed by atoms with Gasteiger partial charge in [0.2, 0.25) is 0 Å². The quantitative estimate of drug-likeness (QED) is 0.765. The van der Waals surface area contributed by atoms with Crippen molar-refractivity contribution >= 4 is 11.6 Å². The third-order valence-electron chi connectivity index (χ3n) is 2.47. The molecule has 2 rings (SSSR count). The lowest BCUT2D eigenvalue weighted by molar-refractivity contribution is 0.301. The molecule has 2 aromatic rings. The largest absolute Gasteiger partial charge is 0.487 e. The second kappa shape index (κ2) is 5.69. The second-order valence-corrected chi connectivity index (χ2v) is 4.13. The lowest BCUT2D eigenvalue weighted by Crippen LogP contribution is -1.98. The molecule has 0 unspecified atom stereocenters.